The summed E-state index contributed by atoms with van der Waals surface area (Å²) in [6.45, 7) is 1.96. The molecule has 1 N–H and O–H groups in total. The van der Waals surface area contributed by atoms with Gasteiger partial charge in [-0.3, -0.25) is 4.79 Å². The molecule has 4 heteroatoms. The molecule has 2 aromatic carbocycles. The highest BCUT2D eigenvalue weighted by Crippen LogP contribution is 2.23. The van der Waals surface area contributed by atoms with E-state index >= 15 is 0 Å². The summed E-state index contributed by atoms with van der Waals surface area (Å²) in [6.07, 6.45) is 0.223. The second-order valence-electron chi connectivity index (χ2n) is 4.33. The van der Waals surface area contributed by atoms with Crippen LogP contribution >= 0.6 is 15.9 Å². The predicted molar refractivity (Wildman–Crippen MR) is 77.6 cm³/mol. The van der Waals surface area contributed by atoms with E-state index in [-0.39, 0.29) is 18.1 Å². The van der Waals surface area contributed by atoms with Gasteiger partial charge in [0.1, 0.15) is 5.82 Å². The molecule has 0 aliphatic carbocycles. The number of hydrogen-bond donors (Lipinski definition) is 1. The van der Waals surface area contributed by atoms with Gasteiger partial charge < -0.3 is 5.32 Å². The highest BCUT2D eigenvalue weighted by Gasteiger charge is 2.07. The summed E-state index contributed by atoms with van der Waals surface area (Å²) in [7, 11) is 0. The van der Waals surface area contributed by atoms with Crippen LogP contribution in [-0.2, 0) is 11.2 Å². The number of halogens is 2. The molecular weight excluding hydrogens is 309 g/mol. The molecule has 2 nitrogen and oxygen atoms in total. The molecule has 0 aliphatic heterocycles. The maximum atomic E-state index is 12.8. The van der Waals surface area contributed by atoms with Crippen molar-refractivity contribution >= 4 is 27.5 Å². The van der Waals surface area contributed by atoms with Crippen LogP contribution in [0, 0.1) is 12.7 Å². The van der Waals surface area contributed by atoms with Gasteiger partial charge in [0.2, 0.25) is 5.91 Å². The number of rotatable bonds is 3. The van der Waals surface area contributed by atoms with Crippen LogP contribution in [0.4, 0.5) is 10.1 Å². The van der Waals surface area contributed by atoms with E-state index in [0.29, 0.717) is 0 Å². The normalized spacial score (nSPS) is 10.3. The Balaban J connectivity index is 2.05. The van der Waals surface area contributed by atoms with Crippen LogP contribution in [0.1, 0.15) is 11.1 Å². The Morgan fingerprint density at radius 3 is 2.58 bits per heavy atom. The van der Waals surface area contributed by atoms with E-state index in [4.69, 9.17) is 0 Å². The molecule has 0 radical (unpaired) electrons. The first-order valence-corrected chi connectivity index (χ1v) is 6.64. The lowest BCUT2D eigenvalue weighted by Gasteiger charge is -2.08. The Morgan fingerprint density at radius 1 is 1.21 bits per heavy atom. The zero-order chi connectivity index (χ0) is 13.8. The average Bonchev–Trinajstić information content (AvgIpc) is 2.37. The number of amides is 1. The first kappa shape index (κ1) is 13.7. The quantitative estimate of drug-likeness (QED) is 0.906. The topological polar surface area (TPSA) is 29.1 Å². The molecule has 98 valence electrons. The van der Waals surface area contributed by atoms with Gasteiger partial charge in [-0.15, -0.1) is 0 Å². The zero-order valence-corrected chi connectivity index (χ0v) is 12.0. The molecule has 0 atom stereocenters. The Morgan fingerprint density at radius 2 is 1.89 bits per heavy atom. The van der Waals surface area contributed by atoms with Crippen LogP contribution in [0.2, 0.25) is 0 Å². The molecule has 0 saturated heterocycles. The minimum Gasteiger partial charge on any atom is -0.325 e. The smallest absolute Gasteiger partial charge is 0.228 e. The van der Waals surface area contributed by atoms with Crippen LogP contribution in [0.15, 0.2) is 46.9 Å². The van der Waals surface area contributed by atoms with Crippen molar-refractivity contribution in [2.75, 3.05) is 5.32 Å². The molecule has 0 bridgehead atoms. The Bertz CT molecular complexity index is 596. The number of hydrogen-bond acceptors (Lipinski definition) is 1. The van der Waals surface area contributed by atoms with Crippen LogP contribution < -0.4 is 5.32 Å². The molecule has 0 aliphatic rings. The standard InChI is InChI=1S/C15H13BrFNO/c1-10-2-7-13(16)14(8-10)18-15(19)9-11-3-5-12(17)6-4-11/h2-8H,9H2,1H3,(H,18,19). The van der Waals surface area contributed by atoms with Crippen molar-refractivity contribution < 1.29 is 9.18 Å². The van der Waals surface area contributed by atoms with Crippen LogP contribution in [-0.4, -0.2) is 5.91 Å². The molecule has 2 rings (SSSR count). The second kappa shape index (κ2) is 5.97. The first-order valence-electron chi connectivity index (χ1n) is 5.85. The summed E-state index contributed by atoms with van der Waals surface area (Å²) in [5.74, 6) is -0.427. The van der Waals surface area contributed by atoms with Crippen molar-refractivity contribution in [1.29, 1.82) is 0 Å². The molecular formula is C15H13BrFNO. The third-order valence-electron chi connectivity index (χ3n) is 2.67. The summed E-state index contributed by atoms with van der Waals surface area (Å²) in [4.78, 5) is 11.9. The van der Waals surface area contributed by atoms with E-state index in [1.54, 1.807) is 12.1 Å². The van der Waals surface area contributed by atoms with Crippen molar-refractivity contribution in [2.24, 2.45) is 0 Å². The maximum Gasteiger partial charge on any atom is 0.228 e. The Kier molecular flexibility index (Phi) is 4.32. The fraction of sp³-hybridized carbons (Fsp3) is 0.133. The first-order chi connectivity index (χ1) is 9.04. The molecule has 0 aromatic heterocycles. The zero-order valence-electron chi connectivity index (χ0n) is 10.4. The maximum absolute atomic E-state index is 12.8. The fourth-order valence-corrected chi connectivity index (χ4v) is 2.06. The van der Waals surface area contributed by atoms with Gasteiger partial charge in [0.15, 0.2) is 0 Å². The van der Waals surface area contributed by atoms with Crippen molar-refractivity contribution in [1.82, 2.24) is 0 Å². The van der Waals surface area contributed by atoms with Crippen molar-refractivity contribution in [3.63, 3.8) is 0 Å². The average molecular weight is 322 g/mol. The number of carbonyl (C=O) groups excluding carboxylic acids is 1. The lowest BCUT2D eigenvalue weighted by atomic mass is 10.1. The van der Waals surface area contributed by atoms with Gasteiger partial charge in [-0.05, 0) is 58.2 Å². The van der Waals surface area contributed by atoms with Gasteiger partial charge in [0.25, 0.3) is 0 Å². The summed E-state index contributed by atoms with van der Waals surface area (Å²) < 4.78 is 13.6. The largest absolute Gasteiger partial charge is 0.325 e. The lowest BCUT2D eigenvalue weighted by Crippen LogP contribution is -2.14. The molecule has 0 heterocycles. The number of nitrogens with one attached hydrogen (secondary N) is 1. The third-order valence-corrected chi connectivity index (χ3v) is 3.37. The number of benzene rings is 2. The summed E-state index contributed by atoms with van der Waals surface area (Å²) in [5, 5.41) is 2.83. The molecule has 1 amide bonds. The summed E-state index contributed by atoms with van der Waals surface area (Å²) in [6, 6.07) is 11.7. The van der Waals surface area contributed by atoms with Crippen LogP contribution in [0.25, 0.3) is 0 Å². The SMILES string of the molecule is Cc1ccc(Br)c(NC(=O)Cc2ccc(F)cc2)c1. The van der Waals surface area contributed by atoms with Crippen molar-refractivity contribution in [2.45, 2.75) is 13.3 Å². The Labute approximate surface area is 119 Å². The van der Waals surface area contributed by atoms with Crippen molar-refractivity contribution in [3.05, 3.63) is 63.9 Å². The third kappa shape index (κ3) is 3.89. The van der Waals surface area contributed by atoms with Gasteiger partial charge >= 0.3 is 0 Å². The molecule has 2 aromatic rings. The van der Waals surface area contributed by atoms with E-state index in [9.17, 15) is 9.18 Å². The van der Waals surface area contributed by atoms with Crippen LogP contribution in [0.5, 0.6) is 0 Å². The Hall–Kier alpha value is -1.68. The van der Waals surface area contributed by atoms with Crippen molar-refractivity contribution in [3.8, 4) is 0 Å². The molecule has 19 heavy (non-hydrogen) atoms. The van der Waals surface area contributed by atoms with Gasteiger partial charge in [-0.1, -0.05) is 18.2 Å². The predicted octanol–water partition coefficient (Wildman–Crippen LogP) is 4.08. The van der Waals surface area contributed by atoms with E-state index < -0.39 is 0 Å². The lowest BCUT2D eigenvalue weighted by molar-refractivity contribution is -0.115. The molecule has 0 fully saturated rings. The van der Waals surface area contributed by atoms with Gasteiger partial charge in [-0.25, -0.2) is 4.39 Å². The second-order valence-corrected chi connectivity index (χ2v) is 5.19. The van der Waals surface area contributed by atoms with E-state index in [1.807, 2.05) is 25.1 Å². The monoisotopic (exact) mass is 321 g/mol. The van der Waals surface area contributed by atoms with Crippen LogP contribution in [0.3, 0.4) is 0 Å². The van der Waals surface area contributed by atoms with E-state index in [2.05, 4.69) is 21.2 Å². The van der Waals surface area contributed by atoms with Gasteiger partial charge in [0.05, 0.1) is 12.1 Å². The van der Waals surface area contributed by atoms with E-state index in [1.165, 1.54) is 12.1 Å². The fourth-order valence-electron chi connectivity index (χ4n) is 1.72. The highest BCUT2D eigenvalue weighted by atomic mass is 79.9. The number of carbonyl (C=O) groups is 1. The summed E-state index contributed by atoms with van der Waals surface area (Å²) >= 11 is 3.39. The minimum absolute atomic E-state index is 0.127. The molecule has 0 unspecified atom stereocenters. The van der Waals surface area contributed by atoms with Gasteiger partial charge in [0, 0.05) is 4.47 Å². The van der Waals surface area contributed by atoms with Gasteiger partial charge in [-0.2, -0.15) is 0 Å². The summed E-state index contributed by atoms with van der Waals surface area (Å²) in [5.41, 5.74) is 2.59. The molecule has 0 saturated carbocycles. The molecule has 0 spiro atoms. The minimum atomic E-state index is -0.300. The highest BCUT2D eigenvalue weighted by molar-refractivity contribution is 9.10. The number of anilines is 1. The number of aryl methyl sites for hydroxylation is 1. The van der Waals surface area contributed by atoms with E-state index in [0.717, 1.165) is 21.3 Å².